The minimum Gasteiger partial charge on any atom is -0.506 e. The average molecular weight is 260 g/mol. The fraction of sp³-hybridized carbons (Fsp3) is 0.0909. The van der Waals surface area contributed by atoms with Gasteiger partial charge in [-0.3, -0.25) is 0 Å². The minimum absolute atomic E-state index is 0.0382. The van der Waals surface area contributed by atoms with Gasteiger partial charge in [0.05, 0.1) is 0 Å². The molecular weight excluding hydrogens is 248 g/mol. The molecule has 1 aromatic carbocycles. The van der Waals surface area contributed by atoms with Gasteiger partial charge in [-0.2, -0.15) is 9.97 Å². The van der Waals surface area contributed by atoms with Gasteiger partial charge >= 0.3 is 0 Å². The van der Waals surface area contributed by atoms with E-state index in [2.05, 4.69) is 20.2 Å². The lowest BCUT2D eigenvalue weighted by Gasteiger charge is -2.02. The molecular formula is C11H12N6O2. The molecule has 0 saturated carbocycles. The molecule has 2 rings (SSSR count). The Hall–Kier alpha value is -2.90. The molecule has 0 aliphatic carbocycles. The predicted octanol–water partition coefficient (Wildman–Crippen LogP) is 1.78. The fourth-order valence-corrected chi connectivity index (χ4v) is 1.39. The summed E-state index contributed by atoms with van der Waals surface area (Å²) in [5.74, 6) is -0.766. The summed E-state index contributed by atoms with van der Waals surface area (Å²) in [6, 6.07) is 4.85. The lowest BCUT2D eigenvalue weighted by atomic mass is 10.2. The van der Waals surface area contributed by atoms with Crippen LogP contribution in [-0.4, -0.2) is 20.2 Å². The zero-order valence-electron chi connectivity index (χ0n) is 10.1. The monoisotopic (exact) mass is 260 g/mol. The Labute approximate surface area is 108 Å². The molecule has 0 atom stereocenters. The van der Waals surface area contributed by atoms with Gasteiger partial charge in [-0.25, -0.2) is 0 Å². The van der Waals surface area contributed by atoms with Crippen molar-refractivity contribution in [2.24, 2.45) is 10.2 Å². The number of azo groups is 1. The molecule has 19 heavy (non-hydrogen) atoms. The number of nitrogens with zero attached hydrogens (tertiary/aromatic N) is 4. The number of rotatable bonds is 2. The summed E-state index contributed by atoms with van der Waals surface area (Å²) in [5.41, 5.74) is 11.9. The van der Waals surface area contributed by atoms with Crippen molar-refractivity contribution in [3.05, 3.63) is 23.8 Å². The number of aromatic nitrogens is 2. The van der Waals surface area contributed by atoms with Gasteiger partial charge in [0.15, 0.2) is 11.5 Å². The third-order valence-corrected chi connectivity index (χ3v) is 2.30. The quantitative estimate of drug-likeness (QED) is 0.606. The number of hydrogen-bond donors (Lipinski definition) is 4. The van der Waals surface area contributed by atoms with Crippen LogP contribution in [0.5, 0.6) is 11.6 Å². The Morgan fingerprint density at radius 3 is 2.53 bits per heavy atom. The van der Waals surface area contributed by atoms with E-state index in [1.807, 2.05) is 6.92 Å². The first kappa shape index (κ1) is 12.6. The van der Waals surface area contributed by atoms with E-state index in [0.717, 1.165) is 5.56 Å². The second kappa shape index (κ2) is 4.77. The number of benzene rings is 1. The molecule has 8 nitrogen and oxygen atoms in total. The van der Waals surface area contributed by atoms with Gasteiger partial charge in [0.2, 0.25) is 11.8 Å². The summed E-state index contributed by atoms with van der Waals surface area (Å²) in [6.45, 7) is 1.84. The summed E-state index contributed by atoms with van der Waals surface area (Å²) in [5, 5.41) is 26.7. The Kier molecular flexibility index (Phi) is 3.15. The Balaban J connectivity index is 2.41. The van der Waals surface area contributed by atoms with Gasteiger partial charge in [-0.1, -0.05) is 6.07 Å². The third-order valence-electron chi connectivity index (χ3n) is 2.30. The molecule has 1 heterocycles. The number of nitrogen functional groups attached to an aromatic ring is 2. The summed E-state index contributed by atoms with van der Waals surface area (Å²) >= 11 is 0. The number of phenolic OH excluding ortho intramolecular Hbond substituents is 1. The SMILES string of the molecule is Cc1ccc(O)c(/N=N/c2c(N)nc(N)nc2O)c1. The fourth-order valence-electron chi connectivity index (χ4n) is 1.39. The number of nitrogens with two attached hydrogens (primary N) is 2. The maximum atomic E-state index is 9.60. The molecule has 8 heteroatoms. The normalized spacial score (nSPS) is 11.0. The van der Waals surface area contributed by atoms with E-state index in [4.69, 9.17) is 11.5 Å². The highest BCUT2D eigenvalue weighted by molar-refractivity contribution is 5.65. The third kappa shape index (κ3) is 2.68. The predicted molar refractivity (Wildman–Crippen MR) is 69.5 cm³/mol. The highest BCUT2D eigenvalue weighted by atomic mass is 16.3. The lowest BCUT2D eigenvalue weighted by Crippen LogP contribution is -1.99. The molecule has 0 saturated heterocycles. The first-order valence-electron chi connectivity index (χ1n) is 5.30. The summed E-state index contributed by atoms with van der Waals surface area (Å²) in [6.07, 6.45) is 0. The minimum atomic E-state index is -0.471. The van der Waals surface area contributed by atoms with Gasteiger partial charge in [-0.15, -0.1) is 10.2 Å². The van der Waals surface area contributed by atoms with E-state index in [9.17, 15) is 10.2 Å². The second-order valence-corrected chi connectivity index (χ2v) is 3.83. The zero-order valence-corrected chi connectivity index (χ0v) is 10.1. The lowest BCUT2D eigenvalue weighted by molar-refractivity contribution is 0.454. The molecule has 0 unspecified atom stereocenters. The van der Waals surface area contributed by atoms with Crippen LogP contribution < -0.4 is 11.5 Å². The largest absolute Gasteiger partial charge is 0.506 e. The first-order valence-corrected chi connectivity index (χ1v) is 5.30. The van der Waals surface area contributed by atoms with Crippen molar-refractivity contribution >= 4 is 23.1 Å². The standard InChI is InChI=1S/C11H12N6O2/c1-5-2-3-7(18)6(4-5)16-17-8-9(12)14-11(13)15-10(8)19/h2-4,18H,1H3,(H5,12,13,14,15,19)/b17-16+. The van der Waals surface area contributed by atoms with Crippen LogP contribution in [0.15, 0.2) is 28.4 Å². The van der Waals surface area contributed by atoms with E-state index in [1.165, 1.54) is 6.07 Å². The molecule has 0 fully saturated rings. The molecule has 0 spiro atoms. The topological polar surface area (TPSA) is 143 Å². The van der Waals surface area contributed by atoms with E-state index >= 15 is 0 Å². The van der Waals surface area contributed by atoms with Gasteiger partial charge in [-0.05, 0) is 24.6 Å². The molecule has 6 N–H and O–H groups in total. The van der Waals surface area contributed by atoms with Crippen LogP contribution in [0.1, 0.15) is 5.56 Å². The van der Waals surface area contributed by atoms with Gasteiger partial charge in [0, 0.05) is 0 Å². The van der Waals surface area contributed by atoms with Crippen molar-refractivity contribution in [2.75, 3.05) is 11.5 Å². The summed E-state index contributed by atoms with van der Waals surface area (Å²) < 4.78 is 0. The van der Waals surface area contributed by atoms with Gasteiger partial charge < -0.3 is 21.7 Å². The van der Waals surface area contributed by atoms with Crippen molar-refractivity contribution in [1.82, 2.24) is 9.97 Å². The van der Waals surface area contributed by atoms with Crippen molar-refractivity contribution < 1.29 is 10.2 Å². The first-order chi connectivity index (χ1) is 8.97. The molecule has 1 aromatic heterocycles. The molecule has 2 aromatic rings. The Bertz CT molecular complexity index is 633. The highest BCUT2D eigenvalue weighted by Gasteiger charge is 2.10. The van der Waals surface area contributed by atoms with E-state index < -0.39 is 5.88 Å². The van der Waals surface area contributed by atoms with Gasteiger partial charge in [0.25, 0.3) is 0 Å². The second-order valence-electron chi connectivity index (χ2n) is 3.83. The molecule has 0 bridgehead atoms. The Morgan fingerprint density at radius 1 is 1.11 bits per heavy atom. The maximum absolute atomic E-state index is 9.60. The smallest absolute Gasteiger partial charge is 0.246 e. The number of hydrogen-bond acceptors (Lipinski definition) is 8. The molecule has 98 valence electrons. The number of aryl methyl sites for hydroxylation is 1. The van der Waals surface area contributed by atoms with E-state index in [0.29, 0.717) is 0 Å². The van der Waals surface area contributed by atoms with Crippen LogP contribution in [0.3, 0.4) is 0 Å². The van der Waals surface area contributed by atoms with Crippen molar-refractivity contribution in [1.29, 1.82) is 0 Å². The highest BCUT2D eigenvalue weighted by Crippen LogP contribution is 2.34. The number of aromatic hydroxyl groups is 2. The van der Waals surface area contributed by atoms with Crippen molar-refractivity contribution in [3.8, 4) is 11.6 Å². The van der Waals surface area contributed by atoms with Crippen LogP contribution in [-0.2, 0) is 0 Å². The van der Waals surface area contributed by atoms with Crippen LogP contribution in [0.4, 0.5) is 23.1 Å². The molecule has 0 radical (unpaired) electrons. The summed E-state index contributed by atoms with van der Waals surface area (Å²) in [7, 11) is 0. The van der Waals surface area contributed by atoms with Crippen LogP contribution in [0.2, 0.25) is 0 Å². The van der Waals surface area contributed by atoms with Gasteiger partial charge in [0.1, 0.15) is 11.4 Å². The maximum Gasteiger partial charge on any atom is 0.246 e. The molecule has 0 aliphatic heterocycles. The van der Waals surface area contributed by atoms with E-state index in [-0.39, 0.29) is 28.9 Å². The molecule has 0 aliphatic rings. The number of phenols is 1. The summed E-state index contributed by atoms with van der Waals surface area (Å²) in [4.78, 5) is 7.17. The molecule has 0 amide bonds. The Morgan fingerprint density at radius 2 is 1.84 bits per heavy atom. The van der Waals surface area contributed by atoms with Crippen LogP contribution in [0.25, 0.3) is 0 Å². The van der Waals surface area contributed by atoms with Crippen LogP contribution in [0, 0.1) is 6.92 Å². The van der Waals surface area contributed by atoms with E-state index in [1.54, 1.807) is 12.1 Å². The van der Waals surface area contributed by atoms with Crippen molar-refractivity contribution in [2.45, 2.75) is 6.92 Å². The van der Waals surface area contributed by atoms with Crippen LogP contribution >= 0.6 is 0 Å². The number of anilines is 2. The van der Waals surface area contributed by atoms with Crippen molar-refractivity contribution in [3.63, 3.8) is 0 Å². The average Bonchev–Trinajstić information content (AvgIpc) is 2.32. The zero-order chi connectivity index (χ0) is 14.0.